The van der Waals surface area contributed by atoms with E-state index in [9.17, 15) is 14.0 Å². The van der Waals surface area contributed by atoms with Crippen LogP contribution in [0.1, 0.15) is 22.5 Å². The van der Waals surface area contributed by atoms with Crippen molar-refractivity contribution in [2.75, 3.05) is 11.9 Å². The average Bonchev–Trinajstić information content (AvgIpc) is 2.84. The van der Waals surface area contributed by atoms with Gasteiger partial charge in [-0.1, -0.05) is 5.16 Å². The Morgan fingerprint density at radius 2 is 2.00 bits per heavy atom. The highest BCUT2D eigenvalue weighted by Crippen LogP contribution is 2.07. The summed E-state index contributed by atoms with van der Waals surface area (Å²) in [5.41, 5.74) is 0.337. The van der Waals surface area contributed by atoms with Gasteiger partial charge in [0.1, 0.15) is 11.6 Å². The molecule has 2 amide bonds. The first kappa shape index (κ1) is 14.7. The lowest BCUT2D eigenvalue weighted by molar-refractivity contribution is -0.116. The minimum Gasteiger partial charge on any atom is -0.360 e. The van der Waals surface area contributed by atoms with Gasteiger partial charge in [0.2, 0.25) is 5.91 Å². The number of nitrogens with zero attached hydrogens (tertiary/aromatic N) is 1. The Balaban J connectivity index is 1.74. The molecule has 0 aliphatic carbocycles. The van der Waals surface area contributed by atoms with Crippen LogP contribution in [-0.2, 0) is 4.79 Å². The van der Waals surface area contributed by atoms with E-state index in [-0.39, 0.29) is 24.8 Å². The highest BCUT2D eigenvalue weighted by Gasteiger charge is 2.08. The van der Waals surface area contributed by atoms with Crippen molar-refractivity contribution < 1.29 is 18.5 Å². The normalized spacial score (nSPS) is 10.2. The molecule has 0 saturated carbocycles. The smallest absolute Gasteiger partial charge is 0.251 e. The predicted octanol–water partition coefficient (Wildman–Crippen LogP) is 1.88. The highest BCUT2D eigenvalue weighted by molar-refractivity contribution is 5.95. The molecule has 1 heterocycles. The number of nitrogens with one attached hydrogen (secondary N) is 2. The first-order chi connectivity index (χ1) is 10.0. The Hall–Kier alpha value is -2.70. The summed E-state index contributed by atoms with van der Waals surface area (Å²) in [6, 6.07) is 6.75. The van der Waals surface area contributed by atoms with E-state index in [1.165, 1.54) is 24.3 Å². The molecule has 6 nitrogen and oxygen atoms in total. The van der Waals surface area contributed by atoms with Crippen LogP contribution in [0.4, 0.5) is 10.2 Å². The van der Waals surface area contributed by atoms with Crippen LogP contribution in [0.3, 0.4) is 0 Å². The lowest BCUT2D eigenvalue weighted by atomic mass is 10.2. The number of amides is 2. The van der Waals surface area contributed by atoms with Gasteiger partial charge in [-0.25, -0.2) is 4.39 Å². The van der Waals surface area contributed by atoms with Crippen molar-refractivity contribution in [2.45, 2.75) is 13.3 Å². The second-order valence-corrected chi connectivity index (χ2v) is 4.38. The molecule has 2 aromatic rings. The molecule has 2 N–H and O–H groups in total. The molecule has 110 valence electrons. The molecular weight excluding hydrogens is 277 g/mol. The Kier molecular flexibility index (Phi) is 4.65. The number of aromatic nitrogens is 1. The van der Waals surface area contributed by atoms with Crippen LogP contribution in [-0.4, -0.2) is 23.5 Å². The summed E-state index contributed by atoms with van der Waals surface area (Å²) in [6.45, 7) is 1.88. The van der Waals surface area contributed by atoms with Gasteiger partial charge >= 0.3 is 0 Å². The number of anilines is 1. The largest absolute Gasteiger partial charge is 0.360 e. The maximum atomic E-state index is 12.7. The third kappa shape index (κ3) is 4.41. The zero-order valence-electron chi connectivity index (χ0n) is 11.4. The third-order valence-electron chi connectivity index (χ3n) is 2.64. The van der Waals surface area contributed by atoms with Gasteiger partial charge in [-0.3, -0.25) is 9.59 Å². The Labute approximate surface area is 120 Å². The Morgan fingerprint density at radius 1 is 1.29 bits per heavy atom. The van der Waals surface area contributed by atoms with Gasteiger partial charge in [0, 0.05) is 24.6 Å². The van der Waals surface area contributed by atoms with Crippen LogP contribution in [0.2, 0.25) is 0 Å². The van der Waals surface area contributed by atoms with Crippen molar-refractivity contribution >= 4 is 17.6 Å². The molecule has 2 rings (SSSR count). The summed E-state index contributed by atoms with van der Waals surface area (Å²) in [5.74, 6) is -0.131. The van der Waals surface area contributed by atoms with Gasteiger partial charge in [0.05, 0.1) is 0 Å². The minimum absolute atomic E-state index is 0.0961. The summed E-state index contributed by atoms with van der Waals surface area (Å²) < 4.78 is 17.5. The zero-order valence-corrected chi connectivity index (χ0v) is 11.4. The van der Waals surface area contributed by atoms with Crippen LogP contribution in [0.15, 0.2) is 34.9 Å². The Bertz CT molecular complexity index is 637. The fourth-order valence-electron chi connectivity index (χ4n) is 1.62. The van der Waals surface area contributed by atoms with E-state index < -0.39 is 5.82 Å². The third-order valence-corrected chi connectivity index (χ3v) is 2.64. The van der Waals surface area contributed by atoms with Gasteiger partial charge in [0.15, 0.2) is 5.82 Å². The van der Waals surface area contributed by atoms with Crippen molar-refractivity contribution in [3.8, 4) is 0 Å². The number of hydrogen-bond acceptors (Lipinski definition) is 4. The van der Waals surface area contributed by atoms with Gasteiger partial charge < -0.3 is 15.2 Å². The number of carbonyl (C=O) groups is 2. The lowest BCUT2D eigenvalue weighted by Gasteiger charge is -2.05. The van der Waals surface area contributed by atoms with Crippen LogP contribution in [0, 0.1) is 12.7 Å². The second-order valence-electron chi connectivity index (χ2n) is 4.38. The molecule has 0 spiro atoms. The van der Waals surface area contributed by atoms with E-state index in [2.05, 4.69) is 15.8 Å². The van der Waals surface area contributed by atoms with Gasteiger partial charge in [-0.15, -0.1) is 0 Å². The molecule has 21 heavy (non-hydrogen) atoms. The van der Waals surface area contributed by atoms with Crippen LogP contribution >= 0.6 is 0 Å². The van der Waals surface area contributed by atoms with Gasteiger partial charge in [-0.05, 0) is 31.2 Å². The van der Waals surface area contributed by atoms with Crippen molar-refractivity contribution in [3.05, 3.63) is 47.5 Å². The summed E-state index contributed by atoms with van der Waals surface area (Å²) in [5, 5.41) is 8.74. The predicted molar refractivity (Wildman–Crippen MR) is 73.2 cm³/mol. The van der Waals surface area contributed by atoms with Crippen molar-refractivity contribution in [3.63, 3.8) is 0 Å². The average molecular weight is 291 g/mol. The first-order valence-corrected chi connectivity index (χ1v) is 6.31. The number of carbonyl (C=O) groups excluding carboxylic acids is 2. The Morgan fingerprint density at radius 3 is 2.62 bits per heavy atom. The van der Waals surface area contributed by atoms with Gasteiger partial charge in [0.25, 0.3) is 5.91 Å². The molecule has 7 heteroatoms. The number of rotatable bonds is 5. The maximum Gasteiger partial charge on any atom is 0.251 e. The first-order valence-electron chi connectivity index (χ1n) is 6.31. The van der Waals surface area contributed by atoms with E-state index in [0.717, 1.165) is 0 Å². The molecule has 0 aliphatic heterocycles. The molecule has 1 aromatic carbocycles. The molecule has 0 saturated heterocycles. The fraction of sp³-hybridized carbons (Fsp3) is 0.214. The SMILES string of the molecule is Cc1cc(NC(=O)CCNC(=O)c2ccc(F)cc2)no1. The van der Waals surface area contributed by atoms with E-state index in [1.807, 2.05) is 0 Å². The zero-order chi connectivity index (χ0) is 15.2. The number of aryl methyl sites for hydroxylation is 1. The maximum absolute atomic E-state index is 12.7. The fourth-order valence-corrected chi connectivity index (χ4v) is 1.62. The van der Waals surface area contributed by atoms with Crippen LogP contribution in [0.25, 0.3) is 0 Å². The van der Waals surface area contributed by atoms with Gasteiger partial charge in [-0.2, -0.15) is 0 Å². The van der Waals surface area contributed by atoms with Crippen molar-refractivity contribution in [1.82, 2.24) is 10.5 Å². The summed E-state index contributed by atoms with van der Waals surface area (Å²) in [4.78, 5) is 23.3. The van der Waals surface area contributed by atoms with E-state index in [4.69, 9.17) is 4.52 Å². The minimum atomic E-state index is -0.408. The molecule has 0 bridgehead atoms. The standard InChI is InChI=1S/C14H14FN3O3/c1-9-8-12(18-21-9)17-13(19)6-7-16-14(20)10-2-4-11(15)5-3-10/h2-5,8H,6-7H2,1H3,(H,16,20)(H,17,18,19). The van der Waals surface area contributed by atoms with E-state index in [1.54, 1.807) is 13.0 Å². The molecular formula is C14H14FN3O3. The summed E-state index contributed by atoms with van der Waals surface area (Å²) in [6.07, 6.45) is 0.0961. The van der Waals surface area contributed by atoms with Crippen molar-refractivity contribution in [1.29, 1.82) is 0 Å². The number of benzene rings is 1. The molecule has 0 radical (unpaired) electrons. The molecule has 0 unspecified atom stereocenters. The monoisotopic (exact) mass is 291 g/mol. The molecule has 0 fully saturated rings. The quantitative estimate of drug-likeness (QED) is 0.881. The van der Waals surface area contributed by atoms with Crippen LogP contribution < -0.4 is 10.6 Å². The number of hydrogen-bond donors (Lipinski definition) is 2. The molecule has 0 aliphatic rings. The summed E-state index contributed by atoms with van der Waals surface area (Å²) >= 11 is 0. The topological polar surface area (TPSA) is 84.2 Å². The van der Waals surface area contributed by atoms with Crippen LogP contribution in [0.5, 0.6) is 0 Å². The second kappa shape index (κ2) is 6.65. The highest BCUT2D eigenvalue weighted by atomic mass is 19.1. The molecule has 1 aromatic heterocycles. The van der Waals surface area contributed by atoms with E-state index >= 15 is 0 Å². The lowest BCUT2D eigenvalue weighted by Crippen LogP contribution is -2.27. The molecule has 0 atom stereocenters. The summed E-state index contributed by atoms with van der Waals surface area (Å²) in [7, 11) is 0. The van der Waals surface area contributed by atoms with Crippen molar-refractivity contribution in [2.24, 2.45) is 0 Å². The van der Waals surface area contributed by atoms with E-state index in [0.29, 0.717) is 17.1 Å². The number of halogens is 1.